The largest absolute Gasteiger partial charge is 0.760 e. The fourth-order valence-corrected chi connectivity index (χ4v) is 5.93. The van der Waals surface area contributed by atoms with Gasteiger partial charge in [-0.05, 0) is 98.7 Å². The molecule has 0 amide bonds. The van der Waals surface area contributed by atoms with E-state index in [0.717, 1.165) is 50.4 Å². The number of rotatable bonds is 4. The van der Waals surface area contributed by atoms with Crippen LogP contribution in [0.25, 0.3) is 11.4 Å². The molecule has 3 aliphatic rings. The van der Waals surface area contributed by atoms with Gasteiger partial charge in [-0.2, -0.15) is 18.4 Å². The van der Waals surface area contributed by atoms with Crippen LogP contribution in [0, 0.1) is 5.41 Å². The molecule has 1 unspecified atom stereocenters. The summed E-state index contributed by atoms with van der Waals surface area (Å²) in [5.41, 5.74) is 1.22. The van der Waals surface area contributed by atoms with E-state index in [0.29, 0.717) is 23.1 Å². The van der Waals surface area contributed by atoms with E-state index in [-0.39, 0.29) is 11.7 Å². The van der Waals surface area contributed by atoms with E-state index in [1.165, 1.54) is 31.7 Å². The third-order valence-corrected chi connectivity index (χ3v) is 7.63. The number of benzene rings is 1. The second-order valence-corrected chi connectivity index (χ2v) is 10.4. The molecule has 1 aromatic heterocycles. The molecule has 2 saturated carbocycles. The van der Waals surface area contributed by atoms with Crippen LogP contribution in [-0.2, 0) is 17.4 Å². The Hall–Kier alpha value is -1.93. The molecule has 2 aromatic rings. The van der Waals surface area contributed by atoms with Crippen molar-refractivity contribution >= 4 is 11.3 Å². The third kappa shape index (κ3) is 6.64. The molecule has 194 valence electrons. The van der Waals surface area contributed by atoms with E-state index in [1.54, 1.807) is 6.07 Å². The summed E-state index contributed by atoms with van der Waals surface area (Å²) in [4.78, 5) is 0. The zero-order valence-electron chi connectivity index (χ0n) is 19.3. The van der Waals surface area contributed by atoms with Crippen LogP contribution in [0.15, 0.2) is 18.2 Å². The number of aromatic nitrogens is 4. The Kier molecular flexibility index (Phi) is 8.21. The predicted molar refractivity (Wildman–Crippen MR) is 123 cm³/mol. The molecule has 0 bridgehead atoms. The van der Waals surface area contributed by atoms with Crippen LogP contribution in [0.3, 0.4) is 0 Å². The topological polar surface area (TPSA) is 145 Å². The quantitative estimate of drug-likeness (QED) is 0.459. The number of aromatic amines is 1. The SMILES string of the molecule is FC(F)(F)c1ccc(C2CCC(NC3CC4(CCNCC4)C3)CC2)c(-c2nn[nH]n2)c1.NS(=O)[O-]. The van der Waals surface area contributed by atoms with Gasteiger partial charge in [-0.15, -0.1) is 10.2 Å². The average molecular weight is 515 g/mol. The Morgan fingerprint density at radius 3 is 2.34 bits per heavy atom. The van der Waals surface area contributed by atoms with Crippen molar-refractivity contribution in [2.24, 2.45) is 10.6 Å². The monoisotopic (exact) mass is 514 g/mol. The first-order valence-corrected chi connectivity index (χ1v) is 13.0. The summed E-state index contributed by atoms with van der Waals surface area (Å²) >= 11 is -2.36. The molecular formula is C22H31F3N7O2S-. The fourth-order valence-electron chi connectivity index (χ4n) is 5.93. The Bertz CT molecular complexity index is 979. The number of alkyl halides is 3. The van der Waals surface area contributed by atoms with E-state index < -0.39 is 23.0 Å². The number of halogens is 3. The Labute approximate surface area is 204 Å². The molecule has 35 heavy (non-hydrogen) atoms. The fraction of sp³-hybridized carbons (Fsp3) is 0.682. The van der Waals surface area contributed by atoms with E-state index in [4.69, 9.17) is 8.76 Å². The molecule has 0 radical (unpaired) electrons. The van der Waals surface area contributed by atoms with Crippen LogP contribution in [0.2, 0.25) is 0 Å². The lowest BCUT2D eigenvalue weighted by atomic mass is 9.60. The number of nitrogens with zero attached hydrogens (tertiary/aromatic N) is 3. The normalized spacial score (nSPS) is 25.4. The first-order valence-electron chi connectivity index (χ1n) is 11.9. The maximum Gasteiger partial charge on any atom is 0.416 e. The van der Waals surface area contributed by atoms with Gasteiger partial charge >= 0.3 is 6.18 Å². The Morgan fingerprint density at radius 1 is 1.11 bits per heavy atom. The molecule has 1 aliphatic heterocycles. The number of piperidine rings is 1. The van der Waals surface area contributed by atoms with Crippen LogP contribution in [-0.4, -0.2) is 54.6 Å². The first kappa shape index (κ1) is 26.1. The van der Waals surface area contributed by atoms with Crippen LogP contribution in [0.1, 0.15) is 68.4 Å². The van der Waals surface area contributed by atoms with Gasteiger partial charge in [-0.1, -0.05) is 6.07 Å². The summed E-state index contributed by atoms with van der Waals surface area (Å²) in [7, 11) is 0. The van der Waals surface area contributed by atoms with Crippen molar-refractivity contribution in [3.8, 4) is 11.4 Å². The average Bonchev–Trinajstić information content (AvgIpc) is 3.33. The second-order valence-electron chi connectivity index (χ2n) is 9.87. The first-order chi connectivity index (χ1) is 16.7. The molecule has 1 spiro atoms. The molecule has 1 saturated heterocycles. The molecule has 2 heterocycles. The van der Waals surface area contributed by atoms with E-state index >= 15 is 0 Å². The number of H-pyrrole nitrogens is 1. The lowest BCUT2D eigenvalue weighted by molar-refractivity contribution is -0.137. The standard InChI is InChI=1S/C22H29F3N6.H3NO2S/c23-22(24,25)15-3-6-18(19(11-15)20-28-30-31-29-20)14-1-4-16(5-2-14)27-17-12-21(13-17)7-9-26-10-8-21;1-4(2)3/h3,6,11,14,16-17,26-27H,1-2,4-5,7-10,12-13H2,(H,28,29,30,31);1H2,(H,2,3)/p-1. The second kappa shape index (κ2) is 11.0. The van der Waals surface area contributed by atoms with Crippen LogP contribution >= 0.6 is 0 Å². The summed E-state index contributed by atoms with van der Waals surface area (Å²) in [5.74, 6) is 0.439. The highest BCUT2D eigenvalue weighted by atomic mass is 32.2. The van der Waals surface area contributed by atoms with Gasteiger partial charge in [0.05, 0.1) is 5.56 Å². The van der Waals surface area contributed by atoms with Crippen molar-refractivity contribution in [1.29, 1.82) is 0 Å². The third-order valence-electron chi connectivity index (χ3n) is 7.63. The Morgan fingerprint density at radius 2 is 1.77 bits per heavy atom. The predicted octanol–water partition coefficient (Wildman–Crippen LogP) is 2.77. The summed E-state index contributed by atoms with van der Waals surface area (Å²) in [6.45, 7) is 2.29. The van der Waals surface area contributed by atoms with Crippen LogP contribution in [0.5, 0.6) is 0 Å². The number of nitrogens with one attached hydrogen (secondary N) is 3. The van der Waals surface area contributed by atoms with Crippen LogP contribution in [0.4, 0.5) is 13.2 Å². The highest BCUT2D eigenvalue weighted by molar-refractivity contribution is 7.76. The van der Waals surface area contributed by atoms with E-state index in [9.17, 15) is 13.2 Å². The van der Waals surface area contributed by atoms with Crippen molar-refractivity contribution in [3.63, 3.8) is 0 Å². The summed E-state index contributed by atoms with van der Waals surface area (Å²) in [6, 6.07) is 5.08. The molecule has 2 aliphatic carbocycles. The van der Waals surface area contributed by atoms with Gasteiger partial charge in [0.1, 0.15) is 0 Å². The summed E-state index contributed by atoms with van der Waals surface area (Å²) in [6.07, 6.45) is 4.77. The summed E-state index contributed by atoms with van der Waals surface area (Å²) < 4.78 is 57.3. The number of nitrogens with two attached hydrogens (primary N) is 1. The van der Waals surface area contributed by atoms with Gasteiger partial charge in [0, 0.05) is 28.9 Å². The lowest BCUT2D eigenvalue weighted by Crippen LogP contribution is -2.55. The number of hydrogen-bond acceptors (Lipinski definition) is 7. The van der Waals surface area contributed by atoms with E-state index in [1.807, 2.05) is 0 Å². The van der Waals surface area contributed by atoms with Crippen molar-refractivity contribution in [2.45, 2.75) is 75.5 Å². The molecule has 13 heteroatoms. The molecule has 1 atom stereocenters. The zero-order valence-corrected chi connectivity index (χ0v) is 20.1. The molecule has 3 fully saturated rings. The molecular weight excluding hydrogens is 483 g/mol. The van der Waals surface area contributed by atoms with Gasteiger partial charge < -0.3 is 15.2 Å². The molecule has 5 rings (SSSR count). The van der Waals surface area contributed by atoms with Gasteiger partial charge in [0.2, 0.25) is 5.82 Å². The highest BCUT2D eigenvalue weighted by Gasteiger charge is 2.45. The molecule has 5 N–H and O–H groups in total. The van der Waals surface area contributed by atoms with Gasteiger partial charge in [0.15, 0.2) is 0 Å². The van der Waals surface area contributed by atoms with Crippen molar-refractivity contribution in [2.75, 3.05) is 13.1 Å². The van der Waals surface area contributed by atoms with Crippen LogP contribution < -0.4 is 15.8 Å². The van der Waals surface area contributed by atoms with Crippen molar-refractivity contribution < 1.29 is 21.9 Å². The minimum Gasteiger partial charge on any atom is -0.760 e. The number of hydrogen-bond donors (Lipinski definition) is 4. The molecule has 9 nitrogen and oxygen atoms in total. The molecule has 1 aromatic carbocycles. The smallest absolute Gasteiger partial charge is 0.416 e. The maximum absolute atomic E-state index is 13.3. The Balaban J connectivity index is 0.000000672. The maximum atomic E-state index is 13.3. The van der Waals surface area contributed by atoms with Crippen molar-refractivity contribution in [3.05, 3.63) is 29.3 Å². The minimum atomic E-state index is -4.40. The highest BCUT2D eigenvalue weighted by Crippen LogP contribution is 2.48. The van der Waals surface area contributed by atoms with E-state index in [2.05, 4.69) is 36.4 Å². The van der Waals surface area contributed by atoms with Gasteiger partial charge in [0.25, 0.3) is 0 Å². The minimum absolute atomic E-state index is 0.214. The lowest BCUT2D eigenvalue weighted by Gasteiger charge is -2.52. The van der Waals surface area contributed by atoms with Crippen molar-refractivity contribution in [1.82, 2.24) is 31.3 Å². The van der Waals surface area contributed by atoms with Gasteiger partial charge in [-0.25, -0.2) is 0 Å². The zero-order chi connectivity index (χ0) is 25.1. The van der Waals surface area contributed by atoms with Gasteiger partial charge in [-0.3, -0.25) is 9.35 Å². The summed E-state index contributed by atoms with van der Waals surface area (Å²) in [5, 5.41) is 25.1. The number of tetrazole rings is 1.